The number of nitrogens with one attached hydrogen (secondary N) is 1. The minimum absolute atomic E-state index is 0.0411. The fraction of sp³-hybridized carbons (Fsp3) is 0.200. The van der Waals surface area contributed by atoms with E-state index in [-0.39, 0.29) is 16.7 Å². The first-order valence-electron chi connectivity index (χ1n) is 10.0. The SMILES string of the molecule is CCOc1ccc(C(=O)c2cc(Br)c(OC)c(OC)c2Cl)cc1.CNC(=O)c1ccccc1. The topological polar surface area (TPSA) is 73.9 Å². The molecule has 174 valence electrons. The Morgan fingerprint density at radius 1 is 0.939 bits per heavy atom. The van der Waals surface area contributed by atoms with Crippen LogP contribution in [0.25, 0.3) is 0 Å². The molecule has 0 aliphatic rings. The van der Waals surface area contributed by atoms with Crippen molar-refractivity contribution >= 4 is 39.2 Å². The maximum Gasteiger partial charge on any atom is 0.251 e. The highest BCUT2D eigenvalue weighted by atomic mass is 79.9. The molecule has 0 aliphatic heterocycles. The Balaban J connectivity index is 0.000000321. The molecular weight excluding hydrogens is 510 g/mol. The summed E-state index contributed by atoms with van der Waals surface area (Å²) in [5, 5.41) is 2.76. The van der Waals surface area contributed by atoms with Gasteiger partial charge in [0.2, 0.25) is 0 Å². The van der Waals surface area contributed by atoms with Crippen LogP contribution in [-0.4, -0.2) is 39.6 Å². The lowest BCUT2D eigenvalue weighted by atomic mass is 10.0. The number of hydrogen-bond donors (Lipinski definition) is 1. The fourth-order valence-corrected chi connectivity index (χ4v) is 3.76. The molecule has 8 heteroatoms. The van der Waals surface area contributed by atoms with Gasteiger partial charge in [0.1, 0.15) is 5.75 Å². The van der Waals surface area contributed by atoms with E-state index in [0.29, 0.717) is 45.0 Å². The third-order valence-corrected chi connectivity index (χ3v) is 5.44. The first kappa shape index (κ1) is 26.2. The zero-order valence-electron chi connectivity index (χ0n) is 18.8. The normalized spacial score (nSPS) is 9.88. The van der Waals surface area contributed by atoms with Crippen LogP contribution in [0.4, 0.5) is 0 Å². The van der Waals surface area contributed by atoms with E-state index in [4.69, 9.17) is 25.8 Å². The molecule has 0 bridgehead atoms. The molecule has 3 aromatic carbocycles. The highest BCUT2D eigenvalue weighted by molar-refractivity contribution is 9.10. The number of ketones is 1. The molecule has 1 N–H and O–H groups in total. The van der Waals surface area contributed by atoms with Crippen LogP contribution in [0.2, 0.25) is 5.02 Å². The van der Waals surface area contributed by atoms with E-state index >= 15 is 0 Å². The molecule has 3 rings (SSSR count). The Kier molecular flexibility index (Phi) is 10.2. The summed E-state index contributed by atoms with van der Waals surface area (Å²) in [4.78, 5) is 23.6. The third kappa shape index (κ3) is 6.73. The van der Waals surface area contributed by atoms with Crippen molar-refractivity contribution < 1.29 is 23.8 Å². The molecule has 0 aromatic heterocycles. The smallest absolute Gasteiger partial charge is 0.251 e. The zero-order valence-corrected chi connectivity index (χ0v) is 21.1. The summed E-state index contributed by atoms with van der Waals surface area (Å²) in [5.41, 5.74) is 1.54. The summed E-state index contributed by atoms with van der Waals surface area (Å²) in [5.74, 6) is 1.22. The summed E-state index contributed by atoms with van der Waals surface area (Å²) in [6.45, 7) is 2.47. The van der Waals surface area contributed by atoms with Gasteiger partial charge < -0.3 is 19.5 Å². The Hall–Kier alpha value is -3.03. The molecule has 33 heavy (non-hydrogen) atoms. The van der Waals surface area contributed by atoms with Gasteiger partial charge in [-0.15, -0.1) is 0 Å². The second-order valence-electron chi connectivity index (χ2n) is 6.52. The minimum atomic E-state index is -0.209. The average Bonchev–Trinajstić information content (AvgIpc) is 2.85. The van der Waals surface area contributed by atoms with Crippen LogP contribution in [0.5, 0.6) is 17.2 Å². The standard InChI is InChI=1S/C17H16BrClO4.C8H9NO/c1-4-23-11-7-5-10(6-8-11)15(20)12-9-13(18)16(21-2)17(22-3)14(12)19;1-9-8(10)7-5-3-2-4-6-7/h5-9H,4H2,1-3H3;2-6H,1H3,(H,9,10). The summed E-state index contributed by atoms with van der Waals surface area (Å²) >= 11 is 9.69. The number of benzene rings is 3. The Bertz CT molecular complexity index is 1090. The quantitative estimate of drug-likeness (QED) is 0.388. The molecule has 0 saturated heterocycles. The molecular formula is C25H25BrClNO5. The predicted octanol–water partition coefficient (Wildman–Crippen LogP) is 5.80. The van der Waals surface area contributed by atoms with Crippen LogP contribution < -0.4 is 19.5 Å². The minimum Gasteiger partial charge on any atom is -0.494 e. The first-order valence-corrected chi connectivity index (χ1v) is 11.2. The maximum atomic E-state index is 12.7. The summed E-state index contributed by atoms with van der Waals surface area (Å²) in [6.07, 6.45) is 0. The summed E-state index contributed by atoms with van der Waals surface area (Å²) in [6, 6.07) is 17.6. The van der Waals surface area contributed by atoms with E-state index in [9.17, 15) is 9.59 Å². The molecule has 0 aliphatic carbocycles. The van der Waals surface area contributed by atoms with Gasteiger partial charge in [-0.3, -0.25) is 9.59 Å². The van der Waals surface area contributed by atoms with E-state index in [1.54, 1.807) is 49.5 Å². The highest BCUT2D eigenvalue weighted by Gasteiger charge is 2.22. The second-order valence-corrected chi connectivity index (χ2v) is 7.75. The Morgan fingerprint density at radius 2 is 1.55 bits per heavy atom. The van der Waals surface area contributed by atoms with Gasteiger partial charge in [-0.05, 0) is 65.3 Å². The number of ether oxygens (including phenoxy) is 3. The molecule has 0 fully saturated rings. The number of carbonyl (C=O) groups is 2. The van der Waals surface area contributed by atoms with Crippen LogP contribution in [0.15, 0.2) is 65.1 Å². The predicted molar refractivity (Wildman–Crippen MR) is 133 cm³/mol. The van der Waals surface area contributed by atoms with Gasteiger partial charge >= 0.3 is 0 Å². The van der Waals surface area contributed by atoms with Gasteiger partial charge in [0.05, 0.1) is 30.3 Å². The maximum absolute atomic E-state index is 12.7. The van der Waals surface area contributed by atoms with E-state index < -0.39 is 0 Å². The van der Waals surface area contributed by atoms with Crippen molar-refractivity contribution in [2.75, 3.05) is 27.9 Å². The molecule has 1 amide bonds. The molecule has 0 unspecified atom stereocenters. The molecule has 0 heterocycles. The number of carbonyl (C=O) groups excluding carboxylic acids is 2. The van der Waals surface area contributed by atoms with Gasteiger partial charge in [0.15, 0.2) is 17.3 Å². The van der Waals surface area contributed by atoms with E-state index in [1.807, 2.05) is 25.1 Å². The van der Waals surface area contributed by atoms with Gasteiger partial charge in [-0.2, -0.15) is 0 Å². The van der Waals surface area contributed by atoms with E-state index in [2.05, 4.69) is 21.2 Å². The lowest BCUT2D eigenvalue weighted by molar-refractivity contribution is 0.0962. The molecule has 6 nitrogen and oxygen atoms in total. The first-order chi connectivity index (χ1) is 15.9. The van der Waals surface area contributed by atoms with Crippen LogP contribution >= 0.6 is 27.5 Å². The third-order valence-electron chi connectivity index (χ3n) is 4.47. The summed E-state index contributed by atoms with van der Waals surface area (Å²) < 4.78 is 16.5. The van der Waals surface area contributed by atoms with Gasteiger partial charge in [-0.1, -0.05) is 29.8 Å². The lowest BCUT2D eigenvalue weighted by Gasteiger charge is -2.14. The molecule has 0 atom stereocenters. The van der Waals surface area contributed by atoms with E-state index in [1.165, 1.54) is 14.2 Å². The highest BCUT2D eigenvalue weighted by Crippen LogP contribution is 2.43. The van der Waals surface area contributed by atoms with Gasteiger partial charge in [0, 0.05) is 23.7 Å². The van der Waals surface area contributed by atoms with Gasteiger partial charge in [0.25, 0.3) is 5.91 Å². The number of rotatable bonds is 7. The van der Waals surface area contributed by atoms with Crippen LogP contribution in [-0.2, 0) is 0 Å². The molecule has 0 saturated carbocycles. The Morgan fingerprint density at radius 3 is 2.06 bits per heavy atom. The number of methoxy groups -OCH3 is 2. The second kappa shape index (κ2) is 12.9. The molecule has 0 spiro atoms. The van der Waals surface area contributed by atoms with Crippen molar-refractivity contribution in [2.45, 2.75) is 6.92 Å². The van der Waals surface area contributed by atoms with Crippen LogP contribution in [0.1, 0.15) is 33.2 Å². The van der Waals surface area contributed by atoms with Crippen molar-refractivity contribution in [1.82, 2.24) is 5.32 Å². The monoisotopic (exact) mass is 533 g/mol. The zero-order chi connectivity index (χ0) is 24.4. The average molecular weight is 535 g/mol. The van der Waals surface area contributed by atoms with Crippen LogP contribution in [0, 0.1) is 0 Å². The van der Waals surface area contributed by atoms with Gasteiger partial charge in [-0.25, -0.2) is 0 Å². The van der Waals surface area contributed by atoms with Crippen molar-refractivity contribution in [2.24, 2.45) is 0 Å². The van der Waals surface area contributed by atoms with Crippen molar-refractivity contribution in [1.29, 1.82) is 0 Å². The Labute approximate surface area is 206 Å². The fourth-order valence-electron chi connectivity index (χ4n) is 2.88. The summed E-state index contributed by atoms with van der Waals surface area (Å²) in [7, 11) is 4.60. The number of amides is 1. The molecule has 0 radical (unpaired) electrons. The van der Waals surface area contributed by atoms with Crippen molar-refractivity contribution in [3.63, 3.8) is 0 Å². The lowest BCUT2D eigenvalue weighted by Crippen LogP contribution is -2.17. The van der Waals surface area contributed by atoms with E-state index in [0.717, 1.165) is 0 Å². The molecule has 3 aromatic rings. The number of halogens is 2. The largest absolute Gasteiger partial charge is 0.494 e. The van der Waals surface area contributed by atoms with Crippen molar-refractivity contribution in [3.8, 4) is 17.2 Å². The van der Waals surface area contributed by atoms with Crippen LogP contribution in [0.3, 0.4) is 0 Å². The number of hydrogen-bond acceptors (Lipinski definition) is 5. The van der Waals surface area contributed by atoms with Crippen molar-refractivity contribution in [3.05, 3.63) is 86.8 Å².